The van der Waals surface area contributed by atoms with E-state index in [4.69, 9.17) is 17.6 Å². The van der Waals surface area contributed by atoms with Crippen molar-refractivity contribution in [3.8, 4) is 0 Å². The first-order chi connectivity index (χ1) is 3.72. The molecule has 0 rings (SSSR count). The summed E-state index contributed by atoms with van der Waals surface area (Å²) in [5.41, 5.74) is 5.17. The van der Waals surface area contributed by atoms with E-state index >= 15 is 0 Å². The molecule has 0 aliphatic heterocycles. The van der Waals surface area contributed by atoms with Gasteiger partial charge < -0.3 is 10.0 Å². The quantitative estimate of drug-likeness (QED) is 0.600. The van der Waals surface area contributed by atoms with E-state index in [0.29, 0.717) is 6.42 Å². The van der Waals surface area contributed by atoms with E-state index in [1.165, 1.54) is 0 Å². The van der Waals surface area contributed by atoms with Crippen molar-refractivity contribution in [1.29, 1.82) is 0 Å². The Morgan fingerprint density at radius 1 is 2.00 bits per heavy atom. The van der Waals surface area contributed by atoms with Crippen molar-refractivity contribution >= 4 is 17.8 Å². The third-order valence-corrected chi connectivity index (χ3v) is 0.971. The molecule has 0 aromatic heterocycles. The normalized spacial score (nSPS) is 12.9. The highest BCUT2D eigenvalue weighted by Gasteiger charge is 2.10. The lowest BCUT2D eigenvalue weighted by Gasteiger charge is -2.00. The molecule has 0 aliphatic rings. The first-order valence-corrected chi connectivity index (χ1v) is 2.61. The Hall–Kier alpha value is -0.280. The Bertz CT molecular complexity index is 86.1. The number of nitrogens with two attached hydrogens (primary N) is 1. The van der Waals surface area contributed by atoms with Crippen LogP contribution in [0.25, 0.3) is 0 Å². The van der Waals surface area contributed by atoms with Gasteiger partial charge in [0.2, 0.25) is 0 Å². The summed E-state index contributed by atoms with van der Waals surface area (Å²) in [5, 5.41) is 0. The molecule has 0 aliphatic carbocycles. The van der Waals surface area contributed by atoms with Crippen LogP contribution in [0.4, 0.5) is 0 Å². The van der Waals surface area contributed by atoms with E-state index in [0.717, 1.165) is 0 Å². The van der Waals surface area contributed by atoms with E-state index in [2.05, 4.69) is 4.29 Å². The Balaban J connectivity index is 3.46. The van der Waals surface area contributed by atoms with Crippen LogP contribution in [-0.4, -0.2) is 12.0 Å². The van der Waals surface area contributed by atoms with Gasteiger partial charge in [0, 0.05) is 0 Å². The van der Waals surface area contributed by atoms with Gasteiger partial charge in [0.05, 0.1) is 0 Å². The van der Waals surface area contributed by atoms with Crippen LogP contribution in [0.3, 0.4) is 0 Å². The van der Waals surface area contributed by atoms with E-state index in [1.807, 2.05) is 0 Å². The number of carbonyl (C=O) groups excluding carboxylic acids is 1. The van der Waals surface area contributed by atoms with Crippen LogP contribution in [0.15, 0.2) is 0 Å². The summed E-state index contributed by atoms with van der Waals surface area (Å²) in [4.78, 5) is 10.3. The second kappa shape index (κ2) is 3.69. The first kappa shape index (κ1) is 7.72. The summed E-state index contributed by atoms with van der Waals surface area (Å²) >= 11 is 4.70. The average molecular weight is 138 g/mol. The van der Waals surface area contributed by atoms with Crippen molar-refractivity contribution < 1.29 is 9.08 Å². The Morgan fingerprint density at radius 3 is 2.62 bits per heavy atom. The lowest BCUT2D eigenvalue weighted by atomic mass is 10.2. The molecule has 8 heavy (non-hydrogen) atoms. The van der Waals surface area contributed by atoms with Gasteiger partial charge in [-0.2, -0.15) is 0 Å². The summed E-state index contributed by atoms with van der Waals surface area (Å²) in [6.07, 6.45) is 0.547. The molecule has 0 amide bonds. The molecule has 0 bridgehead atoms. The number of rotatable bonds is 2. The van der Waals surface area contributed by atoms with Crippen LogP contribution in [0.5, 0.6) is 0 Å². The smallest absolute Gasteiger partial charge is 0.341 e. The first-order valence-electron chi connectivity index (χ1n) is 2.30. The minimum Gasteiger partial charge on any atom is -0.346 e. The summed E-state index contributed by atoms with van der Waals surface area (Å²) in [7, 11) is 0. The van der Waals surface area contributed by atoms with Crippen LogP contribution in [-0.2, 0) is 9.08 Å². The lowest BCUT2D eigenvalue weighted by Crippen LogP contribution is -2.29. The molecule has 0 aromatic carbocycles. The molecular weight excluding hydrogens is 130 g/mol. The molecule has 1 unspecified atom stereocenters. The summed E-state index contributed by atoms with van der Waals surface area (Å²) in [5.74, 6) is -0.575. The lowest BCUT2D eigenvalue weighted by molar-refractivity contribution is -0.135. The van der Waals surface area contributed by atoms with Gasteiger partial charge in [0.15, 0.2) is 0 Å². The third kappa shape index (κ3) is 2.14. The molecule has 48 valence electrons. The fourth-order valence-electron chi connectivity index (χ4n) is 0.224. The number of carbonyl (C=O) groups is 1. The fourth-order valence-corrected chi connectivity index (χ4v) is 0.338. The van der Waals surface area contributed by atoms with Gasteiger partial charge in [-0.1, -0.05) is 6.92 Å². The van der Waals surface area contributed by atoms with Gasteiger partial charge in [-0.05, 0) is 6.42 Å². The summed E-state index contributed by atoms with van der Waals surface area (Å²) in [6, 6.07) is -0.576. The molecule has 0 heterocycles. The predicted molar refractivity (Wildman–Crippen MR) is 30.2 cm³/mol. The highest BCUT2D eigenvalue weighted by Crippen LogP contribution is 1.91. The zero-order chi connectivity index (χ0) is 6.57. The van der Waals surface area contributed by atoms with E-state index in [1.54, 1.807) is 6.92 Å². The molecule has 0 fully saturated rings. The topological polar surface area (TPSA) is 52.3 Å². The van der Waals surface area contributed by atoms with Crippen molar-refractivity contribution in [1.82, 2.24) is 0 Å². The largest absolute Gasteiger partial charge is 0.346 e. The van der Waals surface area contributed by atoms with Crippen LogP contribution in [0.1, 0.15) is 13.3 Å². The monoisotopic (exact) mass is 137 g/mol. The fraction of sp³-hybridized carbons (Fsp3) is 0.750. The van der Waals surface area contributed by atoms with Crippen molar-refractivity contribution in [2.45, 2.75) is 19.4 Å². The van der Waals surface area contributed by atoms with Crippen molar-refractivity contribution in [3.63, 3.8) is 0 Å². The number of hydrogen-bond acceptors (Lipinski definition) is 3. The highest BCUT2D eigenvalue weighted by atomic mass is 35.5. The zero-order valence-electron chi connectivity index (χ0n) is 4.56. The van der Waals surface area contributed by atoms with Crippen LogP contribution < -0.4 is 5.73 Å². The zero-order valence-corrected chi connectivity index (χ0v) is 5.31. The number of hydrogen-bond donors (Lipinski definition) is 1. The van der Waals surface area contributed by atoms with Crippen LogP contribution >= 0.6 is 11.9 Å². The van der Waals surface area contributed by atoms with Crippen molar-refractivity contribution in [3.05, 3.63) is 0 Å². The maximum atomic E-state index is 10.3. The molecular formula is C4H8ClNO2. The van der Waals surface area contributed by atoms with E-state index in [-0.39, 0.29) is 0 Å². The minimum absolute atomic E-state index is 0.547. The Labute approximate surface area is 52.9 Å². The second-order valence-electron chi connectivity index (χ2n) is 1.41. The molecule has 0 saturated carbocycles. The predicted octanol–water partition coefficient (Wildman–Crippen LogP) is 0.421. The molecule has 1 atom stereocenters. The third-order valence-electron chi connectivity index (χ3n) is 0.819. The highest BCUT2D eigenvalue weighted by molar-refractivity contribution is 6.13. The summed E-state index contributed by atoms with van der Waals surface area (Å²) < 4.78 is 3.81. The second-order valence-corrected chi connectivity index (χ2v) is 1.57. The van der Waals surface area contributed by atoms with Gasteiger partial charge in [-0.25, -0.2) is 4.79 Å². The van der Waals surface area contributed by atoms with Gasteiger partial charge in [0.1, 0.15) is 17.9 Å². The average Bonchev–Trinajstić information content (AvgIpc) is 1.84. The van der Waals surface area contributed by atoms with Gasteiger partial charge in [-0.15, -0.1) is 0 Å². The van der Waals surface area contributed by atoms with Gasteiger partial charge >= 0.3 is 5.97 Å². The van der Waals surface area contributed by atoms with Crippen molar-refractivity contribution in [2.24, 2.45) is 5.73 Å². The molecule has 4 heteroatoms. The molecule has 2 N–H and O–H groups in total. The molecule has 3 nitrogen and oxygen atoms in total. The number of halogens is 1. The van der Waals surface area contributed by atoms with Crippen molar-refractivity contribution in [2.75, 3.05) is 0 Å². The molecule has 0 spiro atoms. The van der Waals surface area contributed by atoms with Crippen LogP contribution in [0, 0.1) is 0 Å². The van der Waals surface area contributed by atoms with Gasteiger partial charge in [-0.3, -0.25) is 0 Å². The molecule has 0 saturated heterocycles. The Kier molecular flexibility index (Phi) is 3.56. The van der Waals surface area contributed by atoms with Crippen LogP contribution in [0.2, 0.25) is 0 Å². The van der Waals surface area contributed by atoms with E-state index < -0.39 is 12.0 Å². The Morgan fingerprint density at radius 2 is 2.50 bits per heavy atom. The maximum Gasteiger partial charge on any atom is 0.341 e. The van der Waals surface area contributed by atoms with E-state index in [9.17, 15) is 4.79 Å². The standard InChI is InChI=1S/C4H8ClNO2/c1-2-3(6)4(7)8-5/h3H,2,6H2,1H3. The molecule has 0 aromatic rings. The van der Waals surface area contributed by atoms with Gasteiger partial charge in [0.25, 0.3) is 0 Å². The molecule has 0 radical (unpaired) electrons. The maximum absolute atomic E-state index is 10.3. The minimum atomic E-state index is -0.576. The summed E-state index contributed by atoms with van der Waals surface area (Å²) in [6.45, 7) is 1.78. The SMILES string of the molecule is CCC(N)C(=O)OCl.